The summed E-state index contributed by atoms with van der Waals surface area (Å²) in [7, 11) is -16.8. The second-order valence-corrected chi connectivity index (χ2v) is 10.9. The fourth-order valence-corrected chi connectivity index (χ4v) is 5.76. The molecular weight excluding hydrogens is 505 g/mol. The van der Waals surface area contributed by atoms with Gasteiger partial charge in [-0.2, -0.15) is 8.62 Å². The van der Waals surface area contributed by atoms with E-state index in [9.17, 15) is 38.4 Å². The Kier molecular flexibility index (Phi) is 8.57. The average molecular weight is 526 g/mol. The van der Waals surface area contributed by atoms with Crippen molar-refractivity contribution >= 4 is 23.5 Å². The van der Waals surface area contributed by atoms with Gasteiger partial charge in [-0.05, 0) is 6.42 Å². The van der Waals surface area contributed by atoms with Crippen molar-refractivity contribution in [3.63, 3.8) is 0 Å². The van der Waals surface area contributed by atoms with Gasteiger partial charge in [-0.3, -0.25) is 18.9 Å². The first kappa shape index (κ1) is 27.2. The molecule has 2 heterocycles. The molecule has 0 bridgehead atoms. The molecular formula is C12H21N2O15P3. The average Bonchev–Trinajstić information content (AvgIpc) is 2.87. The van der Waals surface area contributed by atoms with Gasteiger partial charge in [-0.25, -0.2) is 18.5 Å². The monoisotopic (exact) mass is 526 g/mol. The van der Waals surface area contributed by atoms with Crippen molar-refractivity contribution in [1.29, 1.82) is 0 Å². The lowest BCUT2D eigenvalue weighted by Crippen LogP contribution is -2.38. The van der Waals surface area contributed by atoms with E-state index in [0.29, 0.717) is 6.42 Å². The lowest BCUT2D eigenvalue weighted by molar-refractivity contribution is -0.0543. The van der Waals surface area contributed by atoms with Gasteiger partial charge in [0, 0.05) is 11.8 Å². The highest BCUT2D eigenvalue weighted by Gasteiger charge is 2.46. The summed E-state index contributed by atoms with van der Waals surface area (Å²) in [6.07, 6.45) is -4.70. The number of rotatable bonds is 10. The molecule has 1 aliphatic rings. The van der Waals surface area contributed by atoms with Gasteiger partial charge in [-0.15, -0.1) is 0 Å². The Hall–Kier alpha value is -1.03. The molecule has 1 aliphatic heterocycles. The second-order valence-electron chi connectivity index (χ2n) is 6.50. The van der Waals surface area contributed by atoms with Crippen molar-refractivity contribution in [2.75, 3.05) is 6.61 Å². The predicted octanol–water partition coefficient (Wildman–Crippen LogP) is -1.55. The van der Waals surface area contributed by atoms with Crippen LogP contribution >= 0.6 is 23.5 Å². The standard InChI is InChI=1S/C12H21N2O15P3/c1-2-3-6-4-14(12(18)13-10(6)17)11-9(16)8(15)7(27-11)5-26-31(22,23)29-32(24,25)28-30(19,20)21/h4,7-9,11,15-16H,2-3,5H2,1H3,(H,22,23)(H,24,25)(H,13,17,18)(H2,19,20,21)/t7-,8-,9-,11-/m1/s1. The summed E-state index contributed by atoms with van der Waals surface area (Å²) in [5.41, 5.74) is -1.43. The van der Waals surface area contributed by atoms with Crippen LogP contribution < -0.4 is 11.2 Å². The highest BCUT2D eigenvalue weighted by atomic mass is 31.3. The SMILES string of the molecule is CCCc1cn([C@@H]2O[C@H](COP(=O)(O)OP(=O)(O)OP(=O)(O)O)[C@@H](O)[C@H]2O)c(=O)[nH]c1=O. The van der Waals surface area contributed by atoms with Crippen LogP contribution in [0.25, 0.3) is 0 Å². The van der Waals surface area contributed by atoms with Crippen molar-refractivity contribution in [3.05, 3.63) is 32.6 Å². The highest BCUT2D eigenvalue weighted by molar-refractivity contribution is 7.66. The molecule has 1 saturated heterocycles. The number of aryl methyl sites for hydroxylation is 1. The van der Waals surface area contributed by atoms with Crippen molar-refractivity contribution in [1.82, 2.24) is 9.55 Å². The molecule has 6 atom stereocenters. The summed E-state index contributed by atoms with van der Waals surface area (Å²) in [6, 6.07) is 0. The van der Waals surface area contributed by atoms with Crippen molar-refractivity contribution in [2.45, 2.75) is 44.3 Å². The van der Waals surface area contributed by atoms with Crippen LogP contribution in [0.2, 0.25) is 0 Å². The maximum Gasteiger partial charge on any atom is 0.490 e. The Morgan fingerprint density at radius 1 is 1.06 bits per heavy atom. The van der Waals surface area contributed by atoms with Crippen LogP contribution in [0.5, 0.6) is 0 Å². The predicted molar refractivity (Wildman–Crippen MR) is 101 cm³/mol. The minimum absolute atomic E-state index is 0.189. The molecule has 17 nitrogen and oxygen atoms in total. The number of nitrogens with zero attached hydrogens (tertiary/aromatic N) is 1. The largest absolute Gasteiger partial charge is 0.490 e. The summed E-state index contributed by atoms with van der Waals surface area (Å²) < 4.78 is 51.2. The zero-order chi connectivity index (χ0) is 24.5. The number of hydrogen-bond donors (Lipinski definition) is 7. The third-order valence-corrected chi connectivity index (χ3v) is 7.79. The molecule has 0 radical (unpaired) electrons. The molecule has 7 N–H and O–H groups in total. The smallest absolute Gasteiger partial charge is 0.387 e. The topological polar surface area (TPSA) is 264 Å². The normalized spacial score (nSPS) is 27.7. The van der Waals surface area contributed by atoms with Crippen molar-refractivity contribution in [3.8, 4) is 0 Å². The molecule has 0 aliphatic carbocycles. The number of aromatic amines is 1. The van der Waals surface area contributed by atoms with Gasteiger partial charge in [-0.1, -0.05) is 13.3 Å². The Morgan fingerprint density at radius 2 is 1.69 bits per heavy atom. The molecule has 0 saturated carbocycles. The van der Waals surface area contributed by atoms with Crippen LogP contribution in [-0.4, -0.2) is 64.3 Å². The van der Waals surface area contributed by atoms with Crippen LogP contribution in [0.4, 0.5) is 0 Å². The quantitative estimate of drug-likeness (QED) is 0.170. The Bertz CT molecular complexity index is 1080. The van der Waals surface area contributed by atoms with E-state index in [0.717, 1.165) is 10.8 Å². The number of aliphatic hydroxyl groups is 2. The third-order valence-electron chi connectivity index (χ3n) is 3.99. The van der Waals surface area contributed by atoms with Gasteiger partial charge in [0.15, 0.2) is 6.23 Å². The molecule has 2 rings (SSSR count). The molecule has 1 aromatic rings. The molecule has 20 heteroatoms. The van der Waals surface area contributed by atoms with Gasteiger partial charge in [0.2, 0.25) is 0 Å². The van der Waals surface area contributed by atoms with E-state index >= 15 is 0 Å². The number of phosphoric acid groups is 3. The molecule has 1 fully saturated rings. The van der Waals surface area contributed by atoms with Gasteiger partial charge in [0.25, 0.3) is 5.56 Å². The van der Waals surface area contributed by atoms with E-state index in [2.05, 4.69) is 13.1 Å². The molecule has 0 spiro atoms. The Balaban J connectivity index is 2.13. The van der Waals surface area contributed by atoms with Gasteiger partial charge >= 0.3 is 29.2 Å². The second kappa shape index (κ2) is 10.1. The first-order chi connectivity index (χ1) is 14.6. The zero-order valence-corrected chi connectivity index (χ0v) is 18.8. The minimum atomic E-state index is -5.74. The van der Waals surface area contributed by atoms with Crippen LogP contribution in [0.15, 0.2) is 15.8 Å². The number of ether oxygens (including phenoxy) is 1. The number of hydrogen-bond acceptors (Lipinski definition) is 11. The van der Waals surface area contributed by atoms with E-state index in [1.165, 1.54) is 0 Å². The number of phosphoric ester groups is 1. The summed E-state index contributed by atoms with van der Waals surface area (Å²) in [6.45, 7) is 0.733. The van der Waals surface area contributed by atoms with Gasteiger partial charge < -0.3 is 34.5 Å². The first-order valence-corrected chi connectivity index (χ1v) is 13.2. The van der Waals surface area contributed by atoms with Crippen LogP contribution in [0.1, 0.15) is 25.1 Å². The molecule has 184 valence electrons. The highest BCUT2D eigenvalue weighted by Crippen LogP contribution is 2.66. The molecule has 2 unspecified atom stereocenters. The molecule has 1 aromatic heterocycles. The summed E-state index contributed by atoms with van der Waals surface area (Å²) in [5.74, 6) is 0. The number of aliphatic hydroxyl groups excluding tert-OH is 2. The zero-order valence-electron chi connectivity index (χ0n) is 16.2. The molecule has 0 amide bonds. The van der Waals surface area contributed by atoms with Crippen LogP contribution in [-0.2, 0) is 38.0 Å². The molecule has 32 heavy (non-hydrogen) atoms. The molecule has 0 aromatic carbocycles. The lowest BCUT2D eigenvalue weighted by atomic mass is 10.1. The van der Waals surface area contributed by atoms with E-state index in [1.54, 1.807) is 6.92 Å². The Labute approximate surface area is 178 Å². The maximum atomic E-state index is 12.1. The minimum Gasteiger partial charge on any atom is -0.387 e. The van der Waals surface area contributed by atoms with Gasteiger partial charge in [0.1, 0.15) is 18.3 Å². The number of H-pyrrole nitrogens is 1. The first-order valence-electron chi connectivity index (χ1n) is 8.69. The van der Waals surface area contributed by atoms with Crippen LogP contribution in [0.3, 0.4) is 0 Å². The van der Waals surface area contributed by atoms with E-state index in [-0.39, 0.29) is 12.0 Å². The van der Waals surface area contributed by atoms with E-state index in [4.69, 9.17) is 19.4 Å². The number of aromatic nitrogens is 2. The summed E-state index contributed by atoms with van der Waals surface area (Å²) in [4.78, 5) is 61.5. The van der Waals surface area contributed by atoms with Gasteiger partial charge in [0.05, 0.1) is 6.61 Å². The third kappa shape index (κ3) is 7.23. The Morgan fingerprint density at radius 3 is 2.25 bits per heavy atom. The van der Waals surface area contributed by atoms with E-state index < -0.39 is 65.9 Å². The fraction of sp³-hybridized carbons (Fsp3) is 0.667. The lowest BCUT2D eigenvalue weighted by Gasteiger charge is -2.19. The van der Waals surface area contributed by atoms with Crippen molar-refractivity contribution < 1.29 is 61.4 Å². The fourth-order valence-electron chi connectivity index (χ4n) is 2.73. The maximum absolute atomic E-state index is 12.1. The van der Waals surface area contributed by atoms with Crippen molar-refractivity contribution in [2.24, 2.45) is 0 Å². The summed E-state index contributed by atoms with van der Waals surface area (Å²) in [5, 5.41) is 20.3. The van der Waals surface area contributed by atoms with E-state index in [1.807, 2.05) is 4.98 Å². The van der Waals surface area contributed by atoms with Crippen LogP contribution in [0, 0.1) is 0 Å². The summed E-state index contributed by atoms with van der Waals surface area (Å²) >= 11 is 0. The number of nitrogens with one attached hydrogen (secondary N) is 1.